The van der Waals surface area contributed by atoms with Gasteiger partial charge in [-0.05, 0) is 50.6 Å². The van der Waals surface area contributed by atoms with Crippen molar-refractivity contribution in [3.05, 3.63) is 47.4 Å². The number of fused-ring (bicyclic) bond motifs is 1. The first-order chi connectivity index (χ1) is 19.6. The standard InChI is InChI=1S/C28H40F3N3O6S/c1-20-24(18-41-19-27(2,3)40-16-15-39-14-13-38-12-11-37-10-9-35)34(8-7-25(20)36-4)26-32-22-6-5-21(28(29,30)31)17-23(22)33-26/h5-8,17,24,35H,9-16,18-19H2,1-4H3,(H,32,33). The molecule has 0 aliphatic carbocycles. The van der Waals surface area contributed by atoms with Gasteiger partial charge >= 0.3 is 6.18 Å². The monoisotopic (exact) mass is 603 g/mol. The van der Waals surface area contributed by atoms with Crippen LogP contribution in [0.25, 0.3) is 11.0 Å². The molecular formula is C28H40F3N3O6S. The first-order valence-corrected chi connectivity index (χ1v) is 14.6. The van der Waals surface area contributed by atoms with Gasteiger partial charge in [-0.3, -0.25) is 0 Å². The number of aliphatic hydroxyl groups is 1. The molecule has 1 aromatic heterocycles. The van der Waals surface area contributed by atoms with Crippen LogP contribution in [0.15, 0.2) is 41.8 Å². The normalized spacial score (nSPS) is 16.3. The SMILES string of the molecule is COC1=C(C)C(CSCC(C)(C)OCCOCCOCCOCCO)N(c2nc3ccc(C(F)(F)F)cc3[nH]2)C=C1. The number of ether oxygens (including phenoxy) is 5. The van der Waals surface area contributed by atoms with E-state index in [1.807, 2.05) is 37.9 Å². The second-order valence-electron chi connectivity index (χ2n) is 9.96. The van der Waals surface area contributed by atoms with Crippen molar-refractivity contribution in [2.24, 2.45) is 0 Å². The molecule has 1 aliphatic heterocycles. The third-order valence-corrected chi connectivity index (χ3v) is 7.75. The summed E-state index contributed by atoms with van der Waals surface area (Å²) in [7, 11) is 1.61. The van der Waals surface area contributed by atoms with Crippen LogP contribution >= 0.6 is 11.8 Å². The molecule has 2 aromatic rings. The van der Waals surface area contributed by atoms with Gasteiger partial charge in [-0.2, -0.15) is 24.9 Å². The van der Waals surface area contributed by atoms with Gasteiger partial charge in [-0.25, -0.2) is 4.98 Å². The molecule has 41 heavy (non-hydrogen) atoms. The lowest BCUT2D eigenvalue weighted by Crippen LogP contribution is -2.38. The minimum atomic E-state index is -4.43. The number of allylic oxidation sites excluding steroid dienone is 1. The third kappa shape index (κ3) is 10.2. The van der Waals surface area contributed by atoms with Crippen LogP contribution in [0.5, 0.6) is 0 Å². The lowest BCUT2D eigenvalue weighted by molar-refractivity contribution is -0.137. The number of H-pyrrole nitrogens is 1. The van der Waals surface area contributed by atoms with Crippen molar-refractivity contribution >= 4 is 28.7 Å². The van der Waals surface area contributed by atoms with Gasteiger partial charge in [-0.1, -0.05) is 0 Å². The van der Waals surface area contributed by atoms with Crippen molar-refractivity contribution in [3.63, 3.8) is 0 Å². The van der Waals surface area contributed by atoms with Crippen LogP contribution in [-0.2, 0) is 29.9 Å². The number of imidazole rings is 1. The average Bonchev–Trinajstić information content (AvgIpc) is 3.35. The number of nitrogens with zero attached hydrogens (tertiary/aromatic N) is 2. The second-order valence-corrected chi connectivity index (χ2v) is 11.0. The van der Waals surface area contributed by atoms with Crippen molar-refractivity contribution in [3.8, 4) is 0 Å². The van der Waals surface area contributed by atoms with Crippen LogP contribution in [0.3, 0.4) is 0 Å². The first kappa shape index (κ1) is 33.2. The van der Waals surface area contributed by atoms with Crippen LogP contribution in [0.4, 0.5) is 19.1 Å². The second kappa shape index (κ2) is 15.8. The predicted octanol–water partition coefficient (Wildman–Crippen LogP) is 4.77. The smallest absolute Gasteiger partial charge is 0.416 e. The van der Waals surface area contributed by atoms with E-state index in [1.165, 1.54) is 6.07 Å². The lowest BCUT2D eigenvalue weighted by Gasteiger charge is -2.34. The highest BCUT2D eigenvalue weighted by Gasteiger charge is 2.32. The molecule has 1 aliphatic rings. The van der Waals surface area contributed by atoms with E-state index in [-0.39, 0.29) is 12.6 Å². The van der Waals surface area contributed by atoms with Gasteiger partial charge < -0.3 is 38.7 Å². The Labute approximate surface area is 243 Å². The summed E-state index contributed by atoms with van der Waals surface area (Å²) in [5.41, 5.74) is 0.652. The van der Waals surface area contributed by atoms with Gasteiger partial charge in [-0.15, -0.1) is 0 Å². The van der Waals surface area contributed by atoms with Crippen molar-refractivity contribution < 1.29 is 42.0 Å². The zero-order valence-corrected chi connectivity index (χ0v) is 24.8. The number of aromatic amines is 1. The molecule has 0 saturated heterocycles. The number of nitrogens with one attached hydrogen (secondary N) is 1. The van der Waals surface area contributed by atoms with E-state index in [2.05, 4.69) is 9.97 Å². The van der Waals surface area contributed by atoms with Crippen molar-refractivity contribution in [1.82, 2.24) is 9.97 Å². The van der Waals surface area contributed by atoms with Gasteiger partial charge in [0.05, 0.1) is 88.2 Å². The average molecular weight is 604 g/mol. The maximum atomic E-state index is 13.2. The molecule has 1 aromatic carbocycles. The molecule has 1 unspecified atom stereocenters. The van der Waals surface area contributed by atoms with Gasteiger partial charge in [0.2, 0.25) is 5.95 Å². The Bertz CT molecular complexity index is 1150. The highest BCUT2D eigenvalue weighted by Crippen LogP contribution is 2.34. The Morgan fingerprint density at radius 3 is 2.32 bits per heavy atom. The fourth-order valence-corrected chi connectivity index (χ4v) is 5.47. The van der Waals surface area contributed by atoms with E-state index in [9.17, 15) is 13.2 Å². The third-order valence-electron chi connectivity index (χ3n) is 6.30. The van der Waals surface area contributed by atoms with Gasteiger partial charge in [0.25, 0.3) is 0 Å². The van der Waals surface area contributed by atoms with Crippen LogP contribution in [0.1, 0.15) is 26.3 Å². The Hall–Kier alpha value is -2.29. The molecule has 9 nitrogen and oxygen atoms in total. The number of hydrogen-bond donors (Lipinski definition) is 2. The number of methoxy groups -OCH3 is 1. The van der Waals surface area contributed by atoms with Crippen molar-refractivity contribution in [2.75, 3.05) is 76.4 Å². The number of thioether (sulfide) groups is 1. The predicted molar refractivity (Wildman–Crippen MR) is 153 cm³/mol. The molecule has 0 radical (unpaired) electrons. The van der Waals surface area contributed by atoms with E-state index in [0.717, 1.165) is 23.5 Å². The first-order valence-electron chi connectivity index (χ1n) is 13.4. The Morgan fingerprint density at radius 1 is 1.02 bits per heavy atom. The number of anilines is 1. The van der Waals surface area contributed by atoms with Crippen LogP contribution in [-0.4, -0.2) is 98.2 Å². The molecule has 3 rings (SSSR count). The number of aliphatic hydroxyl groups excluding tert-OH is 1. The summed E-state index contributed by atoms with van der Waals surface area (Å²) in [4.78, 5) is 9.55. The highest BCUT2D eigenvalue weighted by molar-refractivity contribution is 7.99. The van der Waals surface area contributed by atoms with E-state index in [4.69, 9.17) is 28.8 Å². The van der Waals surface area contributed by atoms with E-state index < -0.39 is 17.3 Å². The summed E-state index contributed by atoms with van der Waals surface area (Å²) in [5.74, 6) is 2.60. The minimum Gasteiger partial charge on any atom is -0.497 e. The van der Waals surface area contributed by atoms with Gasteiger partial charge in [0.15, 0.2) is 0 Å². The Morgan fingerprint density at radius 2 is 1.68 bits per heavy atom. The quantitative estimate of drug-likeness (QED) is 0.234. The molecule has 230 valence electrons. The molecule has 2 heterocycles. The van der Waals surface area contributed by atoms with Crippen LogP contribution in [0, 0.1) is 0 Å². The summed E-state index contributed by atoms with van der Waals surface area (Å²) >= 11 is 1.71. The molecule has 13 heteroatoms. The van der Waals surface area contributed by atoms with Gasteiger partial charge in [0.1, 0.15) is 5.76 Å². The number of halogens is 3. The Balaban J connectivity index is 1.50. The summed E-state index contributed by atoms with van der Waals surface area (Å²) in [6, 6.07) is 3.38. The van der Waals surface area contributed by atoms with Crippen molar-refractivity contribution in [2.45, 2.75) is 38.6 Å². The fraction of sp³-hybridized carbons (Fsp3) is 0.607. The highest BCUT2D eigenvalue weighted by atomic mass is 32.2. The van der Waals surface area contributed by atoms with Gasteiger partial charge in [0, 0.05) is 17.7 Å². The molecule has 1 atom stereocenters. The van der Waals surface area contributed by atoms with E-state index >= 15 is 0 Å². The fourth-order valence-electron chi connectivity index (χ4n) is 4.14. The molecule has 0 amide bonds. The maximum absolute atomic E-state index is 13.2. The van der Waals surface area contributed by atoms with Crippen LogP contribution < -0.4 is 4.90 Å². The molecule has 0 bridgehead atoms. The van der Waals surface area contributed by atoms with Crippen LogP contribution in [0.2, 0.25) is 0 Å². The number of aromatic nitrogens is 2. The summed E-state index contributed by atoms with van der Waals surface area (Å²) < 4.78 is 67.3. The zero-order valence-electron chi connectivity index (χ0n) is 24.0. The summed E-state index contributed by atoms with van der Waals surface area (Å²) in [6.45, 7) is 9.02. The summed E-state index contributed by atoms with van der Waals surface area (Å²) in [5, 5.41) is 8.65. The molecule has 0 spiro atoms. The molecule has 0 fully saturated rings. The van der Waals surface area contributed by atoms with E-state index in [0.29, 0.717) is 74.7 Å². The summed E-state index contributed by atoms with van der Waals surface area (Å²) in [6.07, 6.45) is -0.763. The number of alkyl halides is 3. The van der Waals surface area contributed by atoms with E-state index in [1.54, 1.807) is 18.9 Å². The number of rotatable bonds is 18. The number of benzene rings is 1. The molecule has 0 saturated carbocycles. The number of hydrogen-bond acceptors (Lipinski definition) is 9. The maximum Gasteiger partial charge on any atom is 0.416 e. The zero-order chi connectivity index (χ0) is 29.9. The molecular weight excluding hydrogens is 563 g/mol. The lowest BCUT2D eigenvalue weighted by atomic mass is 10.1. The topological polar surface area (TPSA) is 98.3 Å². The van der Waals surface area contributed by atoms with Crippen molar-refractivity contribution in [1.29, 1.82) is 0 Å². The minimum absolute atomic E-state index is 0.000119. The molecule has 2 N–H and O–H groups in total. The Kier molecular flexibility index (Phi) is 12.8. The largest absolute Gasteiger partial charge is 0.497 e.